The van der Waals surface area contributed by atoms with Crippen molar-refractivity contribution < 1.29 is 9.53 Å². The topological polar surface area (TPSA) is 69.0 Å². The molecule has 0 radical (unpaired) electrons. The van der Waals surface area contributed by atoms with Gasteiger partial charge in [0.15, 0.2) is 5.65 Å². The molecule has 130 valence electrons. The molecular formula is C18H26N4O2. The van der Waals surface area contributed by atoms with Gasteiger partial charge in [0.25, 0.3) is 5.91 Å². The van der Waals surface area contributed by atoms with Gasteiger partial charge in [-0.1, -0.05) is 13.8 Å². The minimum Gasteiger partial charge on any atom is -0.376 e. The molecule has 0 spiro atoms. The Hall–Kier alpha value is -1.95. The molecule has 1 atom stereocenters. The van der Waals surface area contributed by atoms with Crippen molar-refractivity contribution >= 4 is 16.9 Å². The molecule has 1 N–H and O–H groups in total. The summed E-state index contributed by atoms with van der Waals surface area (Å²) in [5.41, 5.74) is 2.33. The molecule has 1 saturated heterocycles. The number of fused-ring (bicyclic) bond motifs is 1. The number of hydrogen-bond acceptors (Lipinski definition) is 4. The number of aromatic nitrogens is 3. The van der Waals surface area contributed by atoms with Gasteiger partial charge in [-0.15, -0.1) is 0 Å². The van der Waals surface area contributed by atoms with Gasteiger partial charge in [-0.2, -0.15) is 5.10 Å². The highest BCUT2D eigenvalue weighted by molar-refractivity contribution is 6.05. The molecule has 0 bridgehead atoms. The second-order valence-electron chi connectivity index (χ2n) is 7.01. The van der Waals surface area contributed by atoms with E-state index in [9.17, 15) is 4.79 Å². The predicted molar refractivity (Wildman–Crippen MR) is 93.3 cm³/mol. The minimum atomic E-state index is -0.0805. The lowest BCUT2D eigenvalue weighted by Gasteiger charge is -2.14. The fraction of sp³-hybridized carbons (Fsp3) is 0.611. The van der Waals surface area contributed by atoms with Crippen LogP contribution in [0, 0.1) is 0 Å². The van der Waals surface area contributed by atoms with Gasteiger partial charge in [-0.3, -0.25) is 4.79 Å². The standard InChI is InChI=1S/C18H26N4O2/c1-11(2)16-8-14(18(23)19-9-13-6-5-7-24-13)15-10-20-22(12(3)4)17(15)21-16/h8,10-13H,5-7,9H2,1-4H3,(H,19,23). The lowest BCUT2D eigenvalue weighted by molar-refractivity contribution is 0.0859. The molecular weight excluding hydrogens is 304 g/mol. The van der Waals surface area contributed by atoms with Gasteiger partial charge in [-0.25, -0.2) is 9.67 Å². The molecule has 3 rings (SSSR count). The zero-order valence-corrected chi connectivity index (χ0v) is 14.9. The molecule has 0 aromatic carbocycles. The first-order valence-corrected chi connectivity index (χ1v) is 8.75. The summed E-state index contributed by atoms with van der Waals surface area (Å²) < 4.78 is 7.45. The summed E-state index contributed by atoms with van der Waals surface area (Å²) in [7, 11) is 0. The molecule has 1 fully saturated rings. The summed E-state index contributed by atoms with van der Waals surface area (Å²) in [6, 6.07) is 2.09. The van der Waals surface area contributed by atoms with Crippen LogP contribution in [0.3, 0.4) is 0 Å². The summed E-state index contributed by atoms with van der Waals surface area (Å²) in [6.45, 7) is 9.63. The van der Waals surface area contributed by atoms with E-state index >= 15 is 0 Å². The van der Waals surface area contributed by atoms with E-state index in [1.54, 1.807) is 6.20 Å². The van der Waals surface area contributed by atoms with Crippen LogP contribution in [0.5, 0.6) is 0 Å². The van der Waals surface area contributed by atoms with E-state index < -0.39 is 0 Å². The normalized spacial score (nSPS) is 18.0. The maximum atomic E-state index is 12.7. The molecule has 24 heavy (non-hydrogen) atoms. The summed E-state index contributed by atoms with van der Waals surface area (Å²) >= 11 is 0. The highest BCUT2D eigenvalue weighted by atomic mass is 16.5. The van der Waals surface area contributed by atoms with E-state index in [1.165, 1.54) is 0 Å². The predicted octanol–water partition coefficient (Wildman–Crippen LogP) is 3.04. The largest absolute Gasteiger partial charge is 0.376 e. The SMILES string of the molecule is CC(C)c1cc(C(=O)NCC2CCCO2)c2cnn(C(C)C)c2n1. The number of rotatable bonds is 5. The van der Waals surface area contributed by atoms with Crippen molar-refractivity contribution in [3.8, 4) is 0 Å². The lowest BCUT2D eigenvalue weighted by Crippen LogP contribution is -2.32. The zero-order valence-electron chi connectivity index (χ0n) is 14.9. The highest BCUT2D eigenvalue weighted by Crippen LogP contribution is 2.24. The van der Waals surface area contributed by atoms with E-state index in [4.69, 9.17) is 9.72 Å². The molecule has 1 unspecified atom stereocenters. The molecule has 1 aliphatic heterocycles. The van der Waals surface area contributed by atoms with Crippen molar-refractivity contribution in [2.45, 2.75) is 58.6 Å². The summed E-state index contributed by atoms with van der Waals surface area (Å²) in [4.78, 5) is 17.5. The second-order valence-corrected chi connectivity index (χ2v) is 7.01. The van der Waals surface area contributed by atoms with Gasteiger partial charge < -0.3 is 10.1 Å². The third-order valence-corrected chi connectivity index (χ3v) is 4.43. The van der Waals surface area contributed by atoms with Crippen LogP contribution in [0.2, 0.25) is 0 Å². The van der Waals surface area contributed by atoms with Crippen LogP contribution >= 0.6 is 0 Å². The fourth-order valence-electron chi connectivity index (χ4n) is 3.01. The Labute approximate surface area is 142 Å². The number of carbonyl (C=O) groups excluding carboxylic acids is 1. The Morgan fingerprint density at radius 1 is 1.42 bits per heavy atom. The molecule has 6 nitrogen and oxygen atoms in total. The first-order chi connectivity index (χ1) is 11.5. The van der Waals surface area contributed by atoms with Crippen molar-refractivity contribution in [2.24, 2.45) is 0 Å². The lowest BCUT2D eigenvalue weighted by atomic mass is 10.0. The van der Waals surface area contributed by atoms with E-state index in [2.05, 4.69) is 38.1 Å². The Morgan fingerprint density at radius 3 is 2.83 bits per heavy atom. The van der Waals surface area contributed by atoms with E-state index in [0.717, 1.165) is 36.2 Å². The van der Waals surface area contributed by atoms with Crippen molar-refractivity contribution in [3.05, 3.63) is 23.5 Å². The number of pyridine rings is 1. The monoisotopic (exact) mass is 330 g/mol. The van der Waals surface area contributed by atoms with Crippen LogP contribution in [0.25, 0.3) is 11.0 Å². The van der Waals surface area contributed by atoms with E-state index in [0.29, 0.717) is 12.1 Å². The summed E-state index contributed by atoms with van der Waals surface area (Å²) in [5.74, 6) is 0.165. The molecule has 0 aliphatic carbocycles. The average molecular weight is 330 g/mol. The molecule has 2 aromatic rings. The van der Waals surface area contributed by atoms with Crippen LogP contribution in [-0.4, -0.2) is 39.9 Å². The molecule has 0 saturated carbocycles. The maximum absolute atomic E-state index is 12.7. The third-order valence-electron chi connectivity index (χ3n) is 4.43. The van der Waals surface area contributed by atoms with Gasteiger partial charge >= 0.3 is 0 Å². The van der Waals surface area contributed by atoms with E-state index in [-0.39, 0.29) is 24.0 Å². The second kappa shape index (κ2) is 6.89. The van der Waals surface area contributed by atoms with Crippen LogP contribution in [0.4, 0.5) is 0 Å². The fourth-order valence-corrected chi connectivity index (χ4v) is 3.01. The maximum Gasteiger partial charge on any atom is 0.252 e. The van der Waals surface area contributed by atoms with Crippen molar-refractivity contribution in [2.75, 3.05) is 13.2 Å². The zero-order chi connectivity index (χ0) is 17.3. The van der Waals surface area contributed by atoms with Crippen LogP contribution in [0.1, 0.15) is 68.5 Å². The Kier molecular flexibility index (Phi) is 4.85. The van der Waals surface area contributed by atoms with Crippen molar-refractivity contribution in [1.29, 1.82) is 0 Å². The smallest absolute Gasteiger partial charge is 0.252 e. The van der Waals surface area contributed by atoms with Gasteiger partial charge in [0.05, 0.1) is 23.3 Å². The van der Waals surface area contributed by atoms with Gasteiger partial charge in [0.2, 0.25) is 0 Å². The van der Waals surface area contributed by atoms with Gasteiger partial charge in [0.1, 0.15) is 0 Å². The molecule has 6 heteroatoms. The number of nitrogens with zero attached hydrogens (tertiary/aromatic N) is 3. The number of carbonyl (C=O) groups is 1. The quantitative estimate of drug-likeness (QED) is 0.915. The number of nitrogens with one attached hydrogen (secondary N) is 1. The van der Waals surface area contributed by atoms with E-state index in [1.807, 2.05) is 10.7 Å². The Balaban J connectivity index is 1.94. The van der Waals surface area contributed by atoms with Crippen LogP contribution in [-0.2, 0) is 4.74 Å². The van der Waals surface area contributed by atoms with Crippen LogP contribution < -0.4 is 5.32 Å². The minimum absolute atomic E-state index is 0.0805. The van der Waals surface area contributed by atoms with Gasteiger partial charge in [0, 0.05) is 24.9 Å². The Morgan fingerprint density at radius 2 is 2.21 bits per heavy atom. The molecule has 1 aliphatic rings. The first-order valence-electron chi connectivity index (χ1n) is 8.75. The summed E-state index contributed by atoms with van der Waals surface area (Å²) in [5, 5.41) is 8.24. The van der Waals surface area contributed by atoms with Gasteiger partial charge in [-0.05, 0) is 38.7 Å². The van der Waals surface area contributed by atoms with Crippen molar-refractivity contribution in [3.63, 3.8) is 0 Å². The van der Waals surface area contributed by atoms with Crippen LogP contribution in [0.15, 0.2) is 12.3 Å². The van der Waals surface area contributed by atoms with Crippen molar-refractivity contribution in [1.82, 2.24) is 20.1 Å². The number of ether oxygens (including phenoxy) is 1. The average Bonchev–Trinajstić information content (AvgIpc) is 3.20. The molecule has 2 aromatic heterocycles. The Bertz CT molecular complexity index is 730. The highest BCUT2D eigenvalue weighted by Gasteiger charge is 2.21. The summed E-state index contributed by atoms with van der Waals surface area (Å²) in [6.07, 6.45) is 3.95. The number of amides is 1. The molecule has 3 heterocycles. The molecule has 1 amide bonds. The third kappa shape index (κ3) is 3.29. The number of hydrogen-bond donors (Lipinski definition) is 1. The first kappa shape index (κ1) is 16.9.